The molecular weight excluding hydrogens is 271 g/mol. The van der Waals surface area contributed by atoms with E-state index in [0.717, 1.165) is 18.7 Å². The van der Waals surface area contributed by atoms with Gasteiger partial charge in [0.05, 0.1) is 25.5 Å². The average Bonchev–Trinajstić information content (AvgIpc) is 2.92. The van der Waals surface area contributed by atoms with Gasteiger partial charge in [0.15, 0.2) is 5.75 Å². The number of aryl methyl sites for hydroxylation is 1. The third kappa shape index (κ3) is 3.21. The highest BCUT2D eigenvalue weighted by Crippen LogP contribution is 2.31. The van der Waals surface area contributed by atoms with Gasteiger partial charge in [0.25, 0.3) is 0 Å². The number of aromatic nitrogens is 3. The molecule has 0 aliphatic heterocycles. The quantitative estimate of drug-likeness (QED) is 0.852. The van der Waals surface area contributed by atoms with E-state index in [9.17, 15) is 4.39 Å². The van der Waals surface area contributed by atoms with Crippen LogP contribution in [0, 0.1) is 5.82 Å². The number of hydrogen-bond acceptors (Lipinski definition) is 4. The van der Waals surface area contributed by atoms with Crippen LogP contribution in [0.25, 0.3) is 0 Å². The first kappa shape index (κ1) is 15.4. The van der Waals surface area contributed by atoms with Gasteiger partial charge < -0.3 is 10.1 Å². The number of pyridine rings is 1. The average molecular weight is 292 g/mol. The zero-order valence-corrected chi connectivity index (χ0v) is 12.6. The van der Waals surface area contributed by atoms with Crippen LogP contribution in [0.3, 0.4) is 0 Å². The summed E-state index contributed by atoms with van der Waals surface area (Å²) in [5.74, 6) is 0.318. The standard InChI is InChI=1S/C15H21FN4O/c1-4-7-18-14(11-6-8-17-9-12(11)16)15-13(21-3)10-19-20(15)5-2/h6,8-10,14,18H,4-5,7H2,1-3H3. The van der Waals surface area contributed by atoms with Crippen LogP contribution in [0.4, 0.5) is 4.39 Å². The largest absolute Gasteiger partial charge is 0.493 e. The van der Waals surface area contributed by atoms with E-state index in [1.54, 1.807) is 25.6 Å². The molecule has 0 aliphatic rings. The molecule has 114 valence electrons. The second-order valence-corrected chi connectivity index (χ2v) is 4.70. The SMILES string of the molecule is CCCNC(c1ccncc1F)c1c(OC)cnn1CC. The molecule has 1 unspecified atom stereocenters. The molecule has 0 fully saturated rings. The summed E-state index contributed by atoms with van der Waals surface area (Å²) in [6.45, 7) is 5.53. The van der Waals surface area contributed by atoms with Crippen LogP contribution in [0.1, 0.15) is 37.6 Å². The van der Waals surface area contributed by atoms with E-state index >= 15 is 0 Å². The van der Waals surface area contributed by atoms with Crippen molar-refractivity contribution in [3.05, 3.63) is 41.7 Å². The van der Waals surface area contributed by atoms with E-state index in [-0.39, 0.29) is 11.9 Å². The fraction of sp³-hybridized carbons (Fsp3) is 0.467. The molecule has 0 radical (unpaired) electrons. The Bertz CT molecular complexity index is 563. The lowest BCUT2D eigenvalue weighted by atomic mass is 10.0. The van der Waals surface area contributed by atoms with Crippen molar-refractivity contribution in [2.75, 3.05) is 13.7 Å². The van der Waals surface area contributed by atoms with E-state index in [1.165, 1.54) is 6.20 Å². The molecule has 2 rings (SSSR count). The van der Waals surface area contributed by atoms with Gasteiger partial charge in [-0.25, -0.2) is 4.39 Å². The normalized spacial score (nSPS) is 12.4. The van der Waals surface area contributed by atoms with E-state index in [2.05, 4.69) is 22.3 Å². The summed E-state index contributed by atoms with van der Waals surface area (Å²) in [6, 6.07) is 1.38. The minimum absolute atomic E-state index is 0.314. The van der Waals surface area contributed by atoms with Crippen LogP contribution in [0.2, 0.25) is 0 Å². The molecule has 1 atom stereocenters. The topological polar surface area (TPSA) is 52.0 Å². The predicted molar refractivity (Wildman–Crippen MR) is 78.8 cm³/mol. The van der Waals surface area contributed by atoms with Crippen LogP contribution in [0.5, 0.6) is 5.75 Å². The number of ether oxygens (including phenoxy) is 1. The number of halogens is 1. The first-order valence-corrected chi connectivity index (χ1v) is 7.15. The predicted octanol–water partition coefficient (Wildman–Crippen LogP) is 2.53. The summed E-state index contributed by atoms with van der Waals surface area (Å²) in [5, 5.41) is 7.67. The Balaban J connectivity index is 2.50. The van der Waals surface area contributed by atoms with Crippen LogP contribution in [-0.2, 0) is 6.54 Å². The fourth-order valence-electron chi connectivity index (χ4n) is 2.34. The van der Waals surface area contributed by atoms with Crippen LogP contribution >= 0.6 is 0 Å². The molecule has 2 heterocycles. The summed E-state index contributed by atoms with van der Waals surface area (Å²) in [4.78, 5) is 3.82. The van der Waals surface area contributed by atoms with Crippen molar-refractivity contribution in [3.63, 3.8) is 0 Å². The Labute approximate surface area is 124 Å². The monoisotopic (exact) mass is 292 g/mol. The number of rotatable bonds is 7. The van der Waals surface area contributed by atoms with Crippen molar-refractivity contribution < 1.29 is 9.13 Å². The number of methoxy groups -OCH3 is 1. The third-order valence-electron chi connectivity index (χ3n) is 3.35. The highest BCUT2D eigenvalue weighted by atomic mass is 19.1. The first-order chi connectivity index (χ1) is 10.2. The maximum atomic E-state index is 14.2. The van der Waals surface area contributed by atoms with Gasteiger partial charge in [-0.15, -0.1) is 0 Å². The Hall–Kier alpha value is -1.95. The molecule has 0 amide bonds. The zero-order chi connectivity index (χ0) is 15.2. The Morgan fingerprint density at radius 1 is 1.38 bits per heavy atom. The summed E-state index contributed by atoms with van der Waals surface area (Å²) < 4.78 is 21.4. The van der Waals surface area contributed by atoms with Crippen molar-refractivity contribution >= 4 is 0 Å². The minimum atomic E-state index is -0.336. The molecule has 1 N–H and O–H groups in total. The molecular formula is C15H21FN4O. The van der Waals surface area contributed by atoms with Crippen LogP contribution < -0.4 is 10.1 Å². The summed E-state index contributed by atoms with van der Waals surface area (Å²) in [6.07, 6.45) is 5.44. The molecule has 21 heavy (non-hydrogen) atoms. The summed E-state index contributed by atoms with van der Waals surface area (Å²) >= 11 is 0. The molecule has 0 spiro atoms. The fourth-order valence-corrected chi connectivity index (χ4v) is 2.34. The van der Waals surface area contributed by atoms with Gasteiger partial charge in [0, 0.05) is 18.3 Å². The molecule has 2 aromatic rings. The Morgan fingerprint density at radius 2 is 2.19 bits per heavy atom. The summed E-state index contributed by atoms with van der Waals surface area (Å²) in [7, 11) is 1.60. The molecule has 0 saturated heterocycles. The number of nitrogens with one attached hydrogen (secondary N) is 1. The van der Waals surface area contributed by atoms with Crippen molar-refractivity contribution in [1.29, 1.82) is 0 Å². The van der Waals surface area contributed by atoms with Gasteiger partial charge in [0.2, 0.25) is 0 Å². The first-order valence-electron chi connectivity index (χ1n) is 7.15. The second-order valence-electron chi connectivity index (χ2n) is 4.70. The third-order valence-corrected chi connectivity index (χ3v) is 3.35. The van der Waals surface area contributed by atoms with Gasteiger partial charge in [-0.1, -0.05) is 6.92 Å². The van der Waals surface area contributed by atoms with Gasteiger partial charge in [-0.05, 0) is 26.0 Å². The van der Waals surface area contributed by atoms with Gasteiger partial charge in [0.1, 0.15) is 11.5 Å². The van der Waals surface area contributed by atoms with E-state index in [1.807, 2.05) is 11.6 Å². The zero-order valence-electron chi connectivity index (χ0n) is 12.6. The molecule has 6 heteroatoms. The highest BCUT2D eigenvalue weighted by molar-refractivity contribution is 5.36. The van der Waals surface area contributed by atoms with Gasteiger partial charge >= 0.3 is 0 Å². The maximum Gasteiger partial charge on any atom is 0.161 e. The van der Waals surface area contributed by atoms with E-state index in [0.29, 0.717) is 17.9 Å². The molecule has 2 aromatic heterocycles. The van der Waals surface area contributed by atoms with Gasteiger partial charge in [-0.3, -0.25) is 9.67 Å². The lowest BCUT2D eigenvalue weighted by Gasteiger charge is -2.21. The lowest BCUT2D eigenvalue weighted by molar-refractivity contribution is 0.397. The molecule has 0 aliphatic carbocycles. The molecule has 5 nitrogen and oxygen atoms in total. The smallest absolute Gasteiger partial charge is 0.161 e. The van der Waals surface area contributed by atoms with Gasteiger partial charge in [-0.2, -0.15) is 5.10 Å². The second kappa shape index (κ2) is 7.17. The van der Waals surface area contributed by atoms with Crippen molar-refractivity contribution in [2.24, 2.45) is 0 Å². The molecule has 0 bridgehead atoms. The van der Waals surface area contributed by atoms with Crippen molar-refractivity contribution in [3.8, 4) is 5.75 Å². The Kier molecular flexibility index (Phi) is 5.27. The van der Waals surface area contributed by atoms with Crippen LogP contribution in [0.15, 0.2) is 24.7 Å². The Morgan fingerprint density at radius 3 is 2.81 bits per heavy atom. The van der Waals surface area contributed by atoms with Crippen molar-refractivity contribution in [1.82, 2.24) is 20.1 Å². The van der Waals surface area contributed by atoms with E-state index < -0.39 is 0 Å². The molecule has 0 aromatic carbocycles. The maximum absolute atomic E-state index is 14.2. The van der Waals surface area contributed by atoms with Crippen LogP contribution in [-0.4, -0.2) is 28.4 Å². The highest BCUT2D eigenvalue weighted by Gasteiger charge is 2.25. The molecule has 0 saturated carbocycles. The summed E-state index contributed by atoms with van der Waals surface area (Å²) in [5.41, 5.74) is 1.38. The lowest BCUT2D eigenvalue weighted by Crippen LogP contribution is -2.27. The van der Waals surface area contributed by atoms with Crippen molar-refractivity contribution in [2.45, 2.75) is 32.9 Å². The van der Waals surface area contributed by atoms with E-state index in [4.69, 9.17) is 4.74 Å². The minimum Gasteiger partial charge on any atom is -0.493 e. The number of hydrogen-bond donors (Lipinski definition) is 1. The number of nitrogens with zero attached hydrogens (tertiary/aromatic N) is 3.